The van der Waals surface area contributed by atoms with Crippen molar-refractivity contribution in [2.75, 3.05) is 45.7 Å². The van der Waals surface area contributed by atoms with Gasteiger partial charge in [0.25, 0.3) is 5.91 Å². The molecule has 2 aromatic rings. The van der Waals surface area contributed by atoms with E-state index in [0.29, 0.717) is 17.1 Å². The summed E-state index contributed by atoms with van der Waals surface area (Å²) >= 11 is 0. The first-order chi connectivity index (χ1) is 13.9. The lowest BCUT2D eigenvalue weighted by atomic mass is 10.1. The molecule has 29 heavy (non-hydrogen) atoms. The van der Waals surface area contributed by atoms with Crippen molar-refractivity contribution in [1.82, 2.24) is 9.80 Å². The van der Waals surface area contributed by atoms with Crippen molar-refractivity contribution in [3.8, 4) is 11.5 Å². The van der Waals surface area contributed by atoms with Gasteiger partial charge in [-0.2, -0.15) is 0 Å². The summed E-state index contributed by atoms with van der Waals surface area (Å²) in [5, 5.41) is 2.95. The Labute approximate surface area is 173 Å². The van der Waals surface area contributed by atoms with E-state index in [1.807, 2.05) is 26.0 Å². The molecule has 1 aliphatic rings. The van der Waals surface area contributed by atoms with Crippen molar-refractivity contribution in [3.63, 3.8) is 0 Å². The molecule has 1 saturated heterocycles. The van der Waals surface area contributed by atoms with Crippen molar-refractivity contribution in [3.05, 3.63) is 53.6 Å². The monoisotopic (exact) mass is 397 g/mol. The lowest BCUT2D eigenvalue weighted by Gasteiger charge is -2.32. The maximum absolute atomic E-state index is 12.6. The Balaban J connectivity index is 1.60. The number of rotatable bonds is 7. The molecule has 0 bridgehead atoms. The van der Waals surface area contributed by atoms with Crippen LogP contribution < -0.4 is 14.8 Å². The second kappa shape index (κ2) is 9.76. The SMILES string of the molecule is COc1cc(C(=O)Nc2ccc(CN3CCN(C)CC3)cc2)ccc1OC(C)C. The Kier molecular flexibility index (Phi) is 7.12. The van der Waals surface area contributed by atoms with Crippen LogP contribution in [0.2, 0.25) is 0 Å². The van der Waals surface area contributed by atoms with E-state index < -0.39 is 0 Å². The number of methoxy groups -OCH3 is 1. The fourth-order valence-corrected chi connectivity index (χ4v) is 3.32. The highest BCUT2D eigenvalue weighted by atomic mass is 16.5. The first kappa shape index (κ1) is 21.1. The largest absolute Gasteiger partial charge is 0.493 e. The molecule has 156 valence electrons. The van der Waals surface area contributed by atoms with Crippen LogP contribution in [0.5, 0.6) is 11.5 Å². The molecule has 0 spiro atoms. The van der Waals surface area contributed by atoms with Gasteiger partial charge in [-0.3, -0.25) is 9.69 Å². The van der Waals surface area contributed by atoms with Crippen LogP contribution in [-0.4, -0.2) is 62.1 Å². The minimum absolute atomic E-state index is 0.0351. The minimum atomic E-state index is -0.175. The molecule has 0 unspecified atom stereocenters. The molecule has 1 aliphatic heterocycles. The zero-order chi connectivity index (χ0) is 20.8. The summed E-state index contributed by atoms with van der Waals surface area (Å²) in [4.78, 5) is 17.4. The topological polar surface area (TPSA) is 54.0 Å². The summed E-state index contributed by atoms with van der Waals surface area (Å²) in [6.45, 7) is 9.25. The number of hydrogen-bond acceptors (Lipinski definition) is 5. The molecule has 3 rings (SSSR count). The van der Waals surface area contributed by atoms with Crippen LogP contribution >= 0.6 is 0 Å². The Bertz CT molecular complexity index is 813. The van der Waals surface area contributed by atoms with Gasteiger partial charge < -0.3 is 19.7 Å². The predicted molar refractivity (Wildman–Crippen MR) is 116 cm³/mol. The van der Waals surface area contributed by atoms with E-state index in [9.17, 15) is 4.79 Å². The molecule has 0 aliphatic carbocycles. The number of nitrogens with one attached hydrogen (secondary N) is 1. The molecular weight excluding hydrogens is 366 g/mol. The smallest absolute Gasteiger partial charge is 0.255 e. The standard InChI is InChI=1S/C23H31N3O3/c1-17(2)29-21-10-7-19(15-22(21)28-4)23(27)24-20-8-5-18(6-9-20)16-26-13-11-25(3)12-14-26/h5-10,15,17H,11-14,16H2,1-4H3,(H,24,27). The first-order valence-corrected chi connectivity index (χ1v) is 10.1. The van der Waals surface area contributed by atoms with Crippen LogP contribution in [0.4, 0.5) is 5.69 Å². The summed E-state index contributed by atoms with van der Waals surface area (Å²) in [6, 6.07) is 13.3. The van der Waals surface area contributed by atoms with Gasteiger partial charge in [0.05, 0.1) is 13.2 Å². The zero-order valence-electron chi connectivity index (χ0n) is 17.8. The average molecular weight is 398 g/mol. The molecule has 0 saturated carbocycles. The van der Waals surface area contributed by atoms with Crippen LogP contribution in [0, 0.1) is 0 Å². The van der Waals surface area contributed by atoms with Crippen molar-refractivity contribution in [2.24, 2.45) is 0 Å². The highest BCUT2D eigenvalue weighted by Gasteiger charge is 2.15. The zero-order valence-corrected chi connectivity index (χ0v) is 17.8. The van der Waals surface area contributed by atoms with E-state index >= 15 is 0 Å². The van der Waals surface area contributed by atoms with Gasteiger partial charge in [-0.1, -0.05) is 12.1 Å². The normalized spacial score (nSPS) is 15.3. The van der Waals surface area contributed by atoms with E-state index in [2.05, 4.69) is 34.3 Å². The number of ether oxygens (including phenoxy) is 2. The number of carbonyl (C=O) groups excluding carboxylic acids is 1. The van der Waals surface area contributed by atoms with Crippen molar-refractivity contribution in [2.45, 2.75) is 26.5 Å². The highest BCUT2D eigenvalue weighted by molar-refractivity contribution is 6.04. The van der Waals surface area contributed by atoms with Gasteiger partial charge in [0.2, 0.25) is 0 Å². The fourth-order valence-electron chi connectivity index (χ4n) is 3.32. The summed E-state index contributed by atoms with van der Waals surface area (Å²) in [5.41, 5.74) is 2.56. The lowest BCUT2D eigenvalue weighted by molar-refractivity contribution is 0.102. The fraction of sp³-hybridized carbons (Fsp3) is 0.435. The average Bonchev–Trinajstić information content (AvgIpc) is 2.71. The van der Waals surface area contributed by atoms with E-state index in [4.69, 9.17) is 9.47 Å². The second-order valence-electron chi connectivity index (χ2n) is 7.76. The summed E-state index contributed by atoms with van der Waals surface area (Å²) in [7, 11) is 3.73. The van der Waals surface area contributed by atoms with E-state index in [1.54, 1.807) is 25.3 Å². The maximum atomic E-state index is 12.6. The van der Waals surface area contributed by atoms with Gasteiger partial charge >= 0.3 is 0 Å². The van der Waals surface area contributed by atoms with Gasteiger partial charge in [0.1, 0.15) is 0 Å². The van der Waals surface area contributed by atoms with Gasteiger partial charge in [-0.15, -0.1) is 0 Å². The molecule has 1 amide bonds. The van der Waals surface area contributed by atoms with Crippen molar-refractivity contribution in [1.29, 1.82) is 0 Å². The maximum Gasteiger partial charge on any atom is 0.255 e. The third-order valence-corrected chi connectivity index (χ3v) is 5.00. The molecule has 0 aromatic heterocycles. The number of hydrogen-bond donors (Lipinski definition) is 1. The summed E-state index contributed by atoms with van der Waals surface area (Å²) < 4.78 is 11.1. The molecule has 1 fully saturated rings. The summed E-state index contributed by atoms with van der Waals surface area (Å²) in [6.07, 6.45) is 0.0351. The molecule has 0 atom stereocenters. The number of amides is 1. The molecular formula is C23H31N3O3. The van der Waals surface area contributed by atoms with E-state index in [1.165, 1.54) is 5.56 Å². The molecule has 6 heteroatoms. The third kappa shape index (κ3) is 5.95. The molecule has 1 heterocycles. The molecule has 6 nitrogen and oxygen atoms in total. The van der Waals surface area contributed by atoms with E-state index in [0.717, 1.165) is 38.4 Å². The highest BCUT2D eigenvalue weighted by Crippen LogP contribution is 2.29. The summed E-state index contributed by atoms with van der Waals surface area (Å²) in [5.74, 6) is 1.01. The molecule has 0 radical (unpaired) electrons. The number of benzene rings is 2. The number of likely N-dealkylation sites (N-methyl/N-ethyl adjacent to an activating group) is 1. The number of nitrogens with zero attached hydrogens (tertiary/aromatic N) is 2. The van der Waals surface area contributed by atoms with Gasteiger partial charge in [0, 0.05) is 44.0 Å². The molecule has 2 aromatic carbocycles. The van der Waals surface area contributed by atoms with Crippen LogP contribution in [0.15, 0.2) is 42.5 Å². The quantitative estimate of drug-likeness (QED) is 0.775. The second-order valence-corrected chi connectivity index (χ2v) is 7.76. The Hall–Kier alpha value is -2.57. The Morgan fingerprint density at radius 2 is 1.72 bits per heavy atom. The Morgan fingerprint density at radius 3 is 2.34 bits per heavy atom. The Morgan fingerprint density at radius 1 is 1.03 bits per heavy atom. The van der Waals surface area contributed by atoms with Gasteiger partial charge in [0.15, 0.2) is 11.5 Å². The first-order valence-electron chi connectivity index (χ1n) is 10.1. The lowest BCUT2D eigenvalue weighted by Crippen LogP contribution is -2.43. The van der Waals surface area contributed by atoms with Crippen molar-refractivity contribution >= 4 is 11.6 Å². The van der Waals surface area contributed by atoms with Crippen LogP contribution in [0.1, 0.15) is 29.8 Å². The van der Waals surface area contributed by atoms with Crippen LogP contribution in [-0.2, 0) is 6.54 Å². The minimum Gasteiger partial charge on any atom is -0.493 e. The van der Waals surface area contributed by atoms with Gasteiger partial charge in [-0.05, 0) is 56.8 Å². The van der Waals surface area contributed by atoms with E-state index in [-0.39, 0.29) is 12.0 Å². The van der Waals surface area contributed by atoms with Crippen molar-refractivity contribution < 1.29 is 14.3 Å². The predicted octanol–water partition coefficient (Wildman–Crippen LogP) is 3.48. The van der Waals surface area contributed by atoms with Crippen LogP contribution in [0.3, 0.4) is 0 Å². The number of piperazine rings is 1. The number of carbonyl (C=O) groups is 1. The van der Waals surface area contributed by atoms with Gasteiger partial charge in [-0.25, -0.2) is 0 Å². The third-order valence-electron chi connectivity index (χ3n) is 5.00. The molecule has 1 N–H and O–H groups in total. The van der Waals surface area contributed by atoms with Crippen LogP contribution in [0.25, 0.3) is 0 Å². The number of anilines is 1.